The van der Waals surface area contributed by atoms with E-state index >= 15 is 0 Å². The molecular formula is C18H16ClN5O. The van der Waals surface area contributed by atoms with Gasteiger partial charge in [-0.3, -0.25) is 9.78 Å². The van der Waals surface area contributed by atoms with Gasteiger partial charge in [-0.2, -0.15) is 0 Å². The van der Waals surface area contributed by atoms with Crippen LogP contribution in [0, 0.1) is 6.92 Å². The smallest absolute Gasteiger partial charge is 0.271 e. The number of carbonyl (C=O) groups is 1. The predicted molar refractivity (Wildman–Crippen MR) is 96.9 cm³/mol. The third-order valence-electron chi connectivity index (χ3n) is 3.54. The molecule has 126 valence electrons. The Morgan fingerprint density at radius 1 is 1.12 bits per heavy atom. The first-order chi connectivity index (χ1) is 12.1. The molecule has 0 saturated heterocycles. The van der Waals surface area contributed by atoms with Gasteiger partial charge in [0.05, 0.1) is 12.4 Å². The van der Waals surface area contributed by atoms with Gasteiger partial charge in [-0.25, -0.2) is 9.97 Å². The normalized spacial score (nSPS) is 10.3. The summed E-state index contributed by atoms with van der Waals surface area (Å²) in [6.45, 7) is 2.36. The molecule has 3 rings (SSSR count). The summed E-state index contributed by atoms with van der Waals surface area (Å²) in [6.07, 6.45) is 6.33. The van der Waals surface area contributed by atoms with Crippen molar-refractivity contribution in [1.82, 2.24) is 20.3 Å². The molecule has 0 atom stereocenters. The molecule has 0 unspecified atom stereocenters. The van der Waals surface area contributed by atoms with Crippen molar-refractivity contribution >= 4 is 29.0 Å². The standard InChI is InChI=1S/C18H16ClN5O/c1-12-8-14(19)2-3-15(12)24-17-11-21-16(10-22-17)18(25)23-9-13-4-6-20-7-5-13/h2-8,10-11H,9H2,1H3,(H,22,24)(H,23,25). The summed E-state index contributed by atoms with van der Waals surface area (Å²) in [5.41, 5.74) is 3.10. The topological polar surface area (TPSA) is 79.8 Å². The van der Waals surface area contributed by atoms with Crippen molar-refractivity contribution in [1.29, 1.82) is 0 Å². The van der Waals surface area contributed by atoms with E-state index in [-0.39, 0.29) is 11.6 Å². The van der Waals surface area contributed by atoms with Gasteiger partial charge < -0.3 is 10.6 Å². The van der Waals surface area contributed by atoms with Crippen LogP contribution in [0.4, 0.5) is 11.5 Å². The number of nitrogens with one attached hydrogen (secondary N) is 2. The molecule has 2 heterocycles. The van der Waals surface area contributed by atoms with E-state index in [1.54, 1.807) is 18.5 Å². The van der Waals surface area contributed by atoms with Crippen LogP contribution < -0.4 is 10.6 Å². The second-order valence-electron chi connectivity index (χ2n) is 5.41. The molecule has 0 spiro atoms. The highest BCUT2D eigenvalue weighted by molar-refractivity contribution is 6.30. The number of aryl methyl sites for hydroxylation is 1. The van der Waals surface area contributed by atoms with Gasteiger partial charge in [0, 0.05) is 29.6 Å². The van der Waals surface area contributed by atoms with Crippen molar-refractivity contribution in [2.75, 3.05) is 5.32 Å². The lowest BCUT2D eigenvalue weighted by molar-refractivity contribution is 0.0945. The summed E-state index contributed by atoms with van der Waals surface area (Å²) in [6, 6.07) is 9.21. The zero-order chi connectivity index (χ0) is 17.6. The highest BCUT2D eigenvalue weighted by Gasteiger charge is 2.08. The Balaban J connectivity index is 1.62. The van der Waals surface area contributed by atoms with Crippen LogP contribution in [0.25, 0.3) is 0 Å². The predicted octanol–water partition coefficient (Wildman–Crippen LogP) is 3.51. The number of hydrogen-bond acceptors (Lipinski definition) is 5. The minimum Gasteiger partial charge on any atom is -0.347 e. The molecule has 0 fully saturated rings. The van der Waals surface area contributed by atoms with Crippen LogP contribution in [-0.4, -0.2) is 20.9 Å². The molecule has 0 saturated carbocycles. The largest absolute Gasteiger partial charge is 0.347 e. The first-order valence-electron chi connectivity index (χ1n) is 7.64. The highest BCUT2D eigenvalue weighted by Crippen LogP contribution is 2.22. The molecule has 0 bridgehead atoms. The van der Waals surface area contributed by atoms with Gasteiger partial charge in [0.25, 0.3) is 5.91 Å². The Hall–Kier alpha value is -2.99. The molecule has 7 heteroatoms. The number of hydrogen-bond donors (Lipinski definition) is 2. The highest BCUT2D eigenvalue weighted by atomic mass is 35.5. The molecule has 1 aromatic carbocycles. The maximum absolute atomic E-state index is 12.1. The Morgan fingerprint density at radius 2 is 1.92 bits per heavy atom. The van der Waals surface area contributed by atoms with E-state index in [1.165, 1.54) is 12.4 Å². The summed E-state index contributed by atoms with van der Waals surface area (Å²) < 4.78 is 0. The number of pyridine rings is 1. The minimum absolute atomic E-state index is 0.257. The van der Waals surface area contributed by atoms with E-state index in [9.17, 15) is 4.79 Å². The average molecular weight is 354 g/mol. The third kappa shape index (κ3) is 4.51. The van der Waals surface area contributed by atoms with Crippen LogP contribution >= 0.6 is 11.6 Å². The van der Waals surface area contributed by atoms with Gasteiger partial charge in [-0.1, -0.05) is 11.6 Å². The Labute approximate surface area is 150 Å². The second kappa shape index (κ2) is 7.72. The average Bonchev–Trinajstić information content (AvgIpc) is 2.63. The Morgan fingerprint density at radius 3 is 2.60 bits per heavy atom. The van der Waals surface area contributed by atoms with Gasteiger partial charge in [0.1, 0.15) is 11.5 Å². The fourth-order valence-electron chi connectivity index (χ4n) is 2.19. The van der Waals surface area contributed by atoms with Crippen molar-refractivity contribution < 1.29 is 4.79 Å². The van der Waals surface area contributed by atoms with Crippen LogP contribution in [0.3, 0.4) is 0 Å². The summed E-state index contributed by atoms with van der Waals surface area (Å²) in [7, 11) is 0. The maximum atomic E-state index is 12.1. The van der Waals surface area contributed by atoms with E-state index in [4.69, 9.17) is 11.6 Å². The summed E-state index contributed by atoms with van der Waals surface area (Å²) in [4.78, 5) is 24.4. The number of carbonyl (C=O) groups excluding carboxylic acids is 1. The number of amides is 1. The first-order valence-corrected chi connectivity index (χ1v) is 8.02. The van der Waals surface area contributed by atoms with Crippen molar-refractivity contribution in [3.05, 3.63) is 77.0 Å². The van der Waals surface area contributed by atoms with Gasteiger partial charge in [-0.05, 0) is 48.4 Å². The lowest BCUT2D eigenvalue weighted by Gasteiger charge is -2.09. The van der Waals surface area contributed by atoms with Gasteiger partial charge in [-0.15, -0.1) is 0 Å². The monoisotopic (exact) mass is 353 g/mol. The van der Waals surface area contributed by atoms with Crippen molar-refractivity contribution in [3.63, 3.8) is 0 Å². The Bertz CT molecular complexity index is 868. The van der Waals surface area contributed by atoms with Crippen molar-refractivity contribution in [3.8, 4) is 0 Å². The van der Waals surface area contributed by atoms with E-state index in [1.807, 2.05) is 31.2 Å². The van der Waals surface area contributed by atoms with Gasteiger partial charge in [0.2, 0.25) is 0 Å². The summed E-state index contributed by atoms with van der Waals surface area (Å²) >= 11 is 5.95. The van der Waals surface area contributed by atoms with Crippen LogP contribution in [0.2, 0.25) is 5.02 Å². The van der Waals surface area contributed by atoms with E-state index in [0.717, 1.165) is 16.8 Å². The molecule has 25 heavy (non-hydrogen) atoms. The van der Waals surface area contributed by atoms with Crippen LogP contribution in [-0.2, 0) is 6.54 Å². The van der Waals surface area contributed by atoms with Crippen LogP contribution in [0.1, 0.15) is 21.6 Å². The molecule has 0 aliphatic carbocycles. The molecule has 0 radical (unpaired) electrons. The third-order valence-corrected chi connectivity index (χ3v) is 3.77. The first kappa shape index (κ1) is 16.9. The molecule has 3 aromatic rings. The summed E-state index contributed by atoms with van der Waals surface area (Å²) in [5, 5.41) is 6.62. The van der Waals surface area contributed by atoms with Crippen molar-refractivity contribution in [2.45, 2.75) is 13.5 Å². The zero-order valence-corrected chi connectivity index (χ0v) is 14.3. The number of rotatable bonds is 5. The molecule has 6 nitrogen and oxygen atoms in total. The quantitative estimate of drug-likeness (QED) is 0.733. The van der Waals surface area contributed by atoms with Crippen LogP contribution in [0.15, 0.2) is 55.1 Å². The fraction of sp³-hybridized carbons (Fsp3) is 0.111. The fourth-order valence-corrected chi connectivity index (χ4v) is 2.42. The minimum atomic E-state index is -0.279. The molecule has 2 N–H and O–H groups in total. The van der Waals surface area contributed by atoms with Gasteiger partial charge in [0.15, 0.2) is 0 Å². The van der Waals surface area contributed by atoms with Gasteiger partial charge >= 0.3 is 0 Å². The number of anilines is 2. The second-order valence-corrected chi connectivity index (χ2v) is 5.85. The van der Waals surface area contributed by atoms with Crippen molar-refractivity contribution in [2.24, 2.45) is 0 Å². The van der Waals surface area contributed by atoms with E-state index < -0.39 is 0 Å². The SMILES string of the molecule is Cc1cc(Cl)ccc1Nc1cnc(C(=O)NCc2ccncc2)cn1. The number of halogens is 1. The molecular weight excluding hydrogens is 338 g/mol. The molecule has 0 aliphatic rings. The lowest BCUT2D eigenvalue weighted by atomic mass is 10.2. The summed E-state index contributed by atoms with van der Waals surface area (Å²) in [5.74, 6) is 0.273. The van der Waals surface area contributed by atoms with E-state index in [2.05, 4.69) is 25.6 Å². The Kier molecular flexibility index (Phi) is 5.20. The molecule has 2 aromatic heterocycles. The number of benzene rings is 1. The number of aromatic nitrogens is 3. The zero-order valence-electron chi connectivity index (χ0n) is 13.5. The lowest BCUT2D eigenvalue weighted by Crippen LogP contribution is -2.24. The maximum Gasteiger partial charge on any atom is 0.271 e. The molecule has 0 aliphatic heterocycles. The molecule has 1 amide bonds. The van der Waals surface area contributed by atoms with Crippen LogP contribution in [0.5, 0.6) is 0 Å². The van der Waals surface area contributed by atoms with E-state index in [0.29, 0.717) is 17.4 Å². The number of nitrogens with zero attached hydrogens (tertiary/aromatic N) is 3.